The Labute approximate surface area is 122 Å². The van der Waals surface area contributed by atoms with Gasteiger partial charge in [0.25, 0.3) is 5.91 Å². The lowest BCUT2D eigenvalue weighted by Gasteiger charge is -2.16. The molecule has 10 heteroatoms. The van der Waals surface area contributed by atoms with Crippen molar-refractivity contribution in [3.05, 3.63) is 10.4 Å². The number of rotatable bonds is 5. The summed E-state index contributed by atoms with van der Waals surface area (Å²) in [5.41, 5.74) is 10.3. The number of halogens is 3. The van der Waals surface area contributed by atoms with E-state index in [0.29, 0.717) is 11.3 Å². The molecule has 1 heterocycles. The standard InChI is InChI=1S/C11H14F3N3O3S/c1-4(3-11(12,13)14)17-9-5(10(19)20-2)6(15)7(21-9)8(16)18/h4,17H,3,15H2,1-2H3,(H2,16,18). The van der Waals surface area contributed by atoms with Crippen molar-refractivity contribution >= 4 is 33.9 Å². The lowest BCUT2D eigenvalue weighted by Crippen LogP contribution is -2.24. The summed E-state index contributed by atoms with van der Waals surface area (Å²) in [6, 6.07) is -1.02. The Bertz CT molecular complexity index is 557. The molecule has 1 amide bonds. The van der Waals surface area contributed by atoms with Gasteiger partial charge in [0.1, 0.15) is 15.4 Å². The summed E-state index contributed by atoms with van der Waals surface area (Å²) in [6.45, 7) is 1.29. The number of amides is 1. The average Bonchev–Trinajstić information content (AvgIpc) is 2.63. The number of nitrogens with one attached hydrogen (secondary N) is 1. The van der Waals surface area contributed by atoms with Crippen molar-refractivity contribution in [2.75, 3.05) is 18.2 Å². The van der Waals surface area contributed by atoms with Crippen LogP contribution < -0.4 is 16.8 Å². The Morgan fingerprint density at radius 1 is 1.43 bits per heavy atom. The maximum Gasteiger partial charge on any atom is 0.391 e. The van der Waals surface area contributed by atoms with Crippen molar-refractivity contribution in [2.45, 2.75) is 25.6 Å². The van der Waals surface area contributed by atoms with Gasteiger partial charge in [0, 0.05) is 6.04 Å². The number of primary amides is 1. The van der Waals surface area contributed by atoms with Gasteiger partial charge in [-0.25, -0.2) is 4.79 Å². The van der Waals surface area contributed by atoms with Gasteiger partial charge in [-0.3, -0.25) is 4.79 Å². The third-order valence-electron chi connectivity index (χ3n) is 2.47. The minimum absolute atomic E-state index is 0.0184. The van der Waals surface area contributed by atoms with Crippen LogP contribution in [0.15, 0.2) is 0 Å². The number of carbonyl (C=O) groups excluding carboxylic acids is 2. The first-order chi connectivity index (χ1) is 9.56. The predicted octanol–water partition coefficient (Wildman–Crippen LogP) is 1.97. The second-order valence-corrected chi connectivity index (χ2v) is 5.29. The lowest BCUT2D eigenvalue weighted by molar-refractivity contribution is -0.136. The number of esters is 1. The molecule has 1 aromatic rings. The Kier molecular flexibility index (Phi) is 5.05. The van der Waals surface area contributed by atoms with Gasteiger partial charge >= 0.3 is 12.1 Å². The average molecular weight is 325 g/mol. The van der Waals surface area contributed by atoms with Crippen LogP contribution in [0, 0.1) is 0 Å². The molecule has 5 N–H and O–H groups in total. The van der Waals surface area contributed by atoms with Gasteiger partial charge in [-0.1, -0.05) is 0 Å². The first-order valence-corrected chi connectivity index (χ1v) is 6.52. The fourth-order valence-corrected chi connectivity index (χ4v) is 2.73. The normalized spacial score (nSPS) is 12.8. The third kappa shape index (κ3) is 4.25. The first-order valence-electron chi connectivity index (χ1n) is 5.70. The molecule has 0 aliphatic carbocycles. The molecule has 0 aromatic carbocycles. The van der Waals surface area contributed by atoms with Gasteiger partial charge in [-0.05, 0) is 6.92 Å². The second-order valence-electron chi connectivity index (χ2n) is 4.27. The number of nitrogen functional groups attached to an aromatic ring is 1. The molecule has 1 rings (SSSR count). The quantitative estimate of drug-likeness (QED) is 0.717. The summed E-state index contributed by atoms with van der Waals surface area (Å²) >= 11 is 0.713. The molecule has 0 radical (unpaired) electrons. The maximum absolute atomic E-state index is 12.3. The number of alkyl halides is 3. The van der Waals surface area contributed by atoms with Crippen LogP contribution in [-0.2, 0) is 4.74 Å². The molecule has 0 aliphatic rings. The molecule has 1 aromatic heterocycles. The molecule has 0 aliphatic heterocycles. The zero-order valence-electron chi connectivity index (χ0n) is 11.2. The molecule has 118 valence electrons. The SMILES string of the molecule is COC(=O)c1c(NC(C)CC(F)(F)F)sc(C(N)=O)c1N. The van der Waals surface area contributed by atoms with Crippen LogP contribution in [0.4, 0.5) is 23.9 Å². The van der Waals surface area contributed by atoms with E-state index in [1.165, 1.54) is 6.92 Å². The highest BCUT2D eigenvalue weighted by Crippen LogP contribution is 2.37. The lowest BCUT2D eigenvalue weighted by atomic mass is 10.2. The van der Waals surface area contributed by atoms with Crippen molar-refractivity contribution in [1.82, 2.24) is 0 Å². The monoisotopic (exact) mass is 325 g/mol. The van der Waals surface area contributed by atoms with E-state index < -0.39 is 30.5 Å². The topological polar surface area (TPSA) is 107 Å². The Balaban J connectivity index is 3.13. The van der Waals surface area contributed by atoms with Crippen molar-refractivity contribution < 1.29 is 27.5 Å². The van der Waals surface area contributed by atoms with E-state index in [1.54, 1.807) is 0 Å². The van der Waals surface area contributed by atoms with E-state index in [-0.39, 0.29) is 21.1 Å². The number of thiophene rings is 1. The highest BCUT2D eigenvalue weighted by Gasteiger charge is 2.32. The number of ether oxygens (including phenoxy) is 1. The largest absolute Gasteiger partial charge is 0.465 e. The number of carbonyl (C=O) groups is 2. The smallest absolute Gasteiger partial charge is 0.391 e. The van der Waals surface area contributed by atoms with Gasteiger partial charge in [-0.15, -0.1) is 11.3 Å². The van der Waals surface area contributed by atoms with Gasteiger partial charge < -0.3 is 21.5 Å². The van der Waals surface area contributed by atoms with E-state index in [9.17, 15) is 22.8 Å². The molecule has 0 spiro atoms. The van der Waals surface area contributed by atoms with Crippen molar-refractivity contribution in [1.29, 1.82) is 0 Å². The van der Waals surface area contributed by atoms with Crippen LogP contribution in [-0.4, -0.2) is 31.2 Å². The zero-order chi connectivity index (χ0) is 16.4. The molecule has 1 atom stereocenters. The third-order valence-corrected chi connectivity index (χ3v) is 3.62. The summed E-state index contributed by atoms with van der Waals surface area (Å²) in [4.78, 5) is 22.7. The Hall–Kier alpha value is -1.97. The molecule has 0 fully saturated rings. The summed E-state index contributed by atoms with van der Waals surface area (Å²) in [5.74, 6) is -1.74. The van der Waals surface area contributed by atoms with Crippen LogP contribution in [0.25, 0.3) is 0 Å². The molecule has 0 saturated heterocycles. The van der Waals surface area contributed by atoms with Crippen LogP contribution in [0.1, 0.15) is 33.4 Å². The van der Waals surface area contributed by atoms with E-state index >= 15 is 0 Å². The number of hydrogen-bond acceptors (Lipinski definition) is 6. The second kappa shape index (κ2) is 6.20. The first kappa shape index (κ1) is 17.1. The highest BCUT2D eigenvalue weighted by atomic mass is 32.1. The number of anilines is 2. The molecule has 0 bridgehead atoms. The van der Waals surface area contributed by atoms with Gasteiger partial charge in [-0.2, -0.15) is 13.2 Å². The molecule has 21 heavy (non-hydrogen) atoms. The fourth-order valence-electron chi connectivity index (χ4n) is 1.66. The highest BCUT2D eigenvalue weighted by molar-refractivity contribution is 7.19. The van der Waals surface area contributed by atoms with Crippen molar-refractivity contribution in [3.8, 4) is 0 Å². The molecular weight excluding hydrogens is 311 g/mol. The van der Waals surface area contributed by atoms with Gasteiger partial charge in [0.2, 0.25) is 0 Å². The van der Waals surface area contributed by atoms with E-state index in [1.807, 2.05) is 0 Å². The van der Waals surface area contributed by atoms with Gasteiger partial charge in [0.05, 0.1) is 19.2 Å². The Morgan fingerprint density at radius 2 is 2.00 bits per heavy atom. The summed E-state index contributed by atoms with van der Waals surface area (Å²) in [5, 5.41) is 2.53. The number of nitrogens with two attached hydrogens (primary N) is 2. The van der Waals surface area contributed by atoms with Crippen LogP contribution in [0.2, 0.25) is 0 Å². The minimum atomic E-state index is -4.37. The molecule has 0 saturated carbocycles. The summed E-state index contributed by atoms with van der Waals surface area (Å²) in [6.07, 6.45) is -5.48. The summed E-state index contributed by atoms with van der Waals surface area (Å²) < 4.78 is 41.5. The molecule has 1 unspecified atom stereocenters. The molecular formula is C11H14F3N3O3S. The predicted molar refractivity (Wildman–Crippen MR) is 72.3 cm³/mol. The molecule has 6 nitrogen and oxygen atoms in total. The fraction of sp³-hybridized carbons (Fsp3) is 0.455. The zero-order valence-corrected chi connectivity index (χ0v) is 12.0. The Morgan fingerprint density at radius 3 is 2.43 bits per heavy atom. The maximum atomic E-state index is 12.3. The van der Waals surface area contributed by atoms with E-state index in [4.69, 9.17) is 11.5 Å². The van der Waals surface area contributed by atoms with Crippen molar-refractivity contribution in [2.24, 2.45) is 5.73 Å². The van der Waals surface area contributed by atoms with E-state index in [2.05, 4.69) is 10.1 Å². The summed E-state index contributed by atoms with van der Waals surface area (Å²) in [7, 11) is 1.09. The minimum Gasteiger partial charge on any atom is -0.465 e. The van der Waals surface area contributed by atoms with Gasteiger partial charge in [0.15, 0.2) is 0 Å². The van der Waals surface area contributed by atoms with Crippen LogP contribution in [0.3, 0.4) is 0 Å². The van der Waals surface area contributed by atoms with Crippen LogP contribution >= 0.6 is 11.3 Å². The van der Waals surface area contributed by atoms with Crippen molar-refractivity contribution in [3.63, 3.8) is 0 Å². The number of hydrogen-bond donors (Lipinski definition) is 3. The van der Waals surface area contributed by atoms with Crippen LogP contribution in [0.5, 0.6) is 0 Å². The number of methoxy groups -OCH3 is 1. The van der Waals surface area contributed by atoms with E-state index in [0.717, 1.165) is 7.11 Å².